The summed E-state index contributed by atoms with van der Waals surface area (Å²) in [7, 11) is 2.09. The Morgan fingerprint density at radius 1 is 1.56 bits per heavy atom. The fourth-order valence-electron chi connectivity index (χ4n) is 2.41. The Hall–Kier alpha value is -1.62. The van der Waals surface area contributed by atoms with Gasteiger partial charge < -0.3 is 10.0 Å². The predicted octanol–water partition coefficient (Wildman–Crippen LogP) is 1.66. The fraction of sp³-hybridized carbons (Fsp3) is 0.538. The standard InChI is InChI=1S/C13H19N3O2/c1-15(10-11-3-2-6-14-9-11)12-4-7-16(8-5-12)13(17)18/h2-3,6,9,12H,4-5,7-8,10H2,1H3,(H,17,18). The number of likely N-dealkylation sites (tertiary alicyclic amines) is 1. The number of amides is 1. The summed E-state index contributed by atoms with van der Waals surface area (Å²) in [4.78, 5) is 18.7. The number of hydrogen-bond donors (Lipinski definition) is 1. The van der Waals surface area contributed by atoms with E-state index in [0.717, 1.165) is 19.4 Å². The van der Waals surface area contributed by atoms with Crippen molar-refractivity contribution in [2.24, 2.45) is 0 Å². The summed E-state index contributed by atoms with van der Waals surface area (Å²) in [5.74, 6) is 0. The molecule has 1 saturated heterocycles. The molecule has 5 heteroatoms. The molecule has 0 spiro atoms. The monoisotopic (exact) mass is 249 g/mol. The molecule has 0 unspecified atom stereocenters. The lowest BCUT2D eigenvalue weighted by atomic mass is 10.0. The first-order chi connectivity index (χ1) is 8.66. The van der Waals surface area contributed by atoms with E-state index in [1.807, 2.05) is 12.3 Å². The summed E-state index contributed by atoms with van der Waals surface area (Å²) in [5, 5.41) is 8.90. The van der Waals surface area contributed by atoms with Crippen molar-refractivity contribution in [3.63, 3.8) is 0 Å². The third kappa shape index (κ3) is 3.20. The first kappa shape index (κ1) is 12.8. The number of piperidine rings is 1. The number of aromatic nitrogens is 1. The van der Waals surface area contributed by atoms with E-state index in [0.29, 0.717) is 19.1 Å². The molecule has 0 saturated carbocycles. The molecule has 1 aliphatic rings. The minimum atomic E-state index is -0.802. The largest absolute Gasteiger partial charge is 0.465 e. The van der Waals surface area contributed by atoms with Gasteiger partial charge in [0.15, 0.2) is 0 Å². The second-order valence-corrected chi connectivity index (χ2v) is 4.78. The Kier molecular flexibility index (Phi) is 4.15. The molecule has 0 aliphatic carbocycles. The Labute approximate surface area is 107 Å². The van der Waals surface area contributed by atoms with E-state index in [1.165, 1.54) is 10.5 Å². The molecule has 1 aliphatic heterocycles. The first-order valence-electron chi connectivity index (χ1n) is 6.24. The number of rotatable bonds is 3. The van der Waals surface area contributed by atoms with Crippen LogP contribution >= 0.6 is 0 Å². The summed E-state index contributed by atoms with van der Waals surface area (Å²) in [6.07, 6.45) is 4.66. The summed E-state index contributed by atoms with van der Waals surface area (Å²) in [6, 6.07) is 4.47. The minimum absolute atomic E-state index is 0.459. The Morgan fingerprint density at radius 3 is 2.83 bits per heavy atom. The van der Waals surface area contributed by atoms with E-state index >= 15 is 0 Å². The summed E-state index contributed by atoms with van der Waals surface area (Å²) in [5.41, 5.74) is 1.20. The van der Waals surface area contributed by atoms with Crippen LogP contribution in [0.25, 0.3) is 0 Å². The van der Waals surface area contributed by atoms with Crippen LogP contribution in [0, 0.1) is 0 Å². The maximum Gasteiger partial charge on any atom is 0.407 e. The zero-order chi connectivity index (χ0) is 13.0. The highest BCUT2D eigenvalue weighted by Gasteiger charge is 2.24. The van der Waals surface area contributed by atoms with Gasteiger partial charge in [-0.3, -0.25) is 9.88 Å². The normalized spacial score (nSPS) is 17.1. The predicted molar refractivity (Wildman–Crippen MR) is 68.3 cm³/mol. The molecule has 1 fully saturated rings. The zero-order valence-electron chi connectivity index (χ0n) is 10.6. The Morgan fingerprint density at radius 2 is 2.28 bits per heavy atom. The van der Waals surface area contributed by atoms with Gasteiger partial charge in [-0.15, -0.1) is 0 Å². The third-order valence-corrected chi connectivity index (χ3v) is 3.51. The number of nitrogens with zero attached hydrogens (tertiary/aromatic N) is 3. The van der Waals surface area contributed by atoms with E-state index in [2.05, 4.69) is 23.0 Å². The number of carboxylic acid groups (broad SMARTS) is 1. The van der Waals surface area contributed by atoms with E-state index < -0.39 is 6.09 Å². The highest BCUT2D eigenvalue weighted by atomic mass is 16.4. The molecule has 0 radical (unpaired) electrons. The SMILES string of the molecule is CN(Cc1cccnc1)C1CCN(C(=O)O)CC1. The maximum atomic E-state index is 10.8. The van der Waals surface area contributed by atoms with Crippen LogP contribution in [0.3, 0.4) is 0 Å². The van der Waals surface area contributed by atoms with Crippen LogP contribution in [-0.4, -0.2) is 52.2 Å². The van der Waals surface area contributed by atoms with Crippen molar-refractivity contribution in [3.8, 4) is 0 Å². The van der Waals surface area contributed by atoms with Crippen LogP contribution in [0.1, 0.15) is 18.4 Å². The van der Waals surface area contributed by atoms with Gasteiger partial charge in [-0.1, -0.05) is 6.07 Å². The van der Waals surface area contributed by atoms with Crippen LogP contribution < -0.4 is 0 Å². The van der Waals surface area contributed by atoms with E-state index in [9.17, 15) is 4.79 Å². The molecule has 0 aromatic carbocycles. The number of pyridine rings is 1. The van der Waals surface area contributed by atoms with Crippen LogP contribution in [0.15, 0.2) is 24.5 Å². The van der Waals surface area contributed by atoms with Crippen molar-refractivity contribution >= 4 is 6.09 Å². The van der Waals surface area contributed by atoms with Gasteiger partial charge in [0.05, 0.1) is 0 Å². The van der Waals surface area contributed by atoms with Crippen molar-refractivity contribution in [2.75, 3.05) is 20.1 Å². The molecule has 1 amide bonds. The fourth-order valence-corrected chi connectivity index (χ4v) is 2.41. The Balaban J connectivity index is 1.84. The summed E-state index contributed by atoms with van der Waals surface area (Å²) in [6.45, 7) is 2.14. The van der Waals surface area contributed by atoms with Gasteiger partial charge in [0.25, 0.3) is 0 Å². The summed E-state index contributed by atoms with van der Waals surface area (Å²) < 4.78 is 0. The smallest absolute Gasteiger partial charge is 0.407 e. The van der Waals surface area contributed by atoms with Gasteiger partial charge in [0, 0.05) is 38.1 Å². The van der Waals surface area contributed by atoms with Gasteiger partial charge in [0.2, 0.25) is 0 Å². The molecular formula is C13H19N3O2. The lowest BCUT2D eigenvalue weighted by molar-refractivity contribution is 0.103. The quantitative estimate of drug-likeness (QED) is 0.885. The zero-order valence-corrected chi connectivity index (χ0v) is 10.6. The van der Waals surface area contributed by atoms with Crippen molar-refractivity contribution < 1.29 is 9.90 Å². The Bertz CT molecular complexity index is 388. The minimum Gasteiger partial charge on any atom is -0.465 e. The second kappa shape index (κ2) is 5.82. The average molecular weight is 249 g/mol. The van der Waals surface area contributed by atoms with Crippen molar-refractivity contribution in [1.82, 2.24) is 14.8 Å². The maximum absolute atomic E-state index is 10.8. The van der Waals surface area contributed by atoms with Crippen LogP contribution in [-0.2, 0) is 6.54 Å². The third-order valence-electron chi connectivity index (χ3n) is 3.51. The van der Waals surface area contributed by atoms with E-state index in [-0.39, 0.29) is 0 Å². The van der Waals surface area contributed by atoms with E-state index in [4.69, 9.17) is 5.11 Å². The molecule has 5 nitrogen and oxygen atoms in total. The lowest BCUT2D eigenvalue weighted by Gasteiger charge is -2.35. The first-order valence-corrected chi connectivity index (χ1v) is 6.24. The molecule has 2 rings (SSSR count). The van der Waals surface area contributed by atoms with Crippen LogP contribution in [0.4, 0.5) is 4.79 Å². The second-order valence-electron chi connectivity index (χ2n) is 4.78. The van der Waals surface area contributed by atoms with Gasteiger partial charge in [-0.05, 0) is 31.5 Å². The molecule has 2 heterocycles. The highest BCUT2D eigenvalue weighted by molar-refractivity contribution is 5.65. The average Bonchev–Trinajstić information content (AvgIpc) is 2.40. The topological polar surface area (TPSA) is 56.7 Å². The molecule has 98 valence electrons. The number of carbonyl (C=O) groups is 1. The van der Waals surface area contributed by atoms with Gasteiger partial charge >= 0.3 is 6.09 Å². The van der Waals surface area contributed by atoms with E-state index in [1.54, 1.807) is 6.20 Å². The molecule has 18 heavy (non-hydrogen) atoms. The molecule has 1 N–H and O–H groups in total. The summed E-state index contributed by atoms with van der Waals surface area (Å²) >= 11 is 0. The molecule has 1 aromatic heterocycles. The van der Waals surface area contributed by atoms with Crippen LogP contribution in [0.5, 0.6) is 0 Å². The molecule has 0 atom stereocenters. The molecule has 0 bridgehead atoms. The van der Waals surface area contributed by atoms with Gasteiger partial charge in [-0.25, -0.2) is 4.79 Å². The van der Waals surface area contributed by atoms with Crippen LogP contribution in [0.2, 0.25) is 0 Å². The van der Waals surface area contributed by atoms with Gasteiger partial charge in [-0.2, -0.15) is 0 Å². The van der Waals surface area contributed by atoms with Crippen molar-refractivity contribution in [2.45, 2.75) is 25.4 Å². The molecule has 1 aromatic rings. The number of hydrogen-bond acceptors (Lipinski definition) is 3. The van der Waals surface area contributed by atoms with Gasteiger partial charge in [0.1, 0.15) is 0 Å². The molecular weight excluding hydrogens is 230 g/mol. The van der Waals surface area contributed by atoms with Crippen molar-refractivity contribution in [3.05, 3.63) is 30.1 Å². The highest BCUT2D eigenvalue weighted by Crippen LogP contribution is 2.17. The lowest BCUT2D eigenvalue weighted by Crippen LogP contribution is -2.44. The van der Waals surface area contributed by atoms with Crippen molar-refractivity contribution in [1.29, 1.82) is 0 Å².